The van der Waals surface area contributed by atoms with Crippen LogP contribution in [0.1, 0.15) is 23.0 Å². The van der Waals surface area contributed by atoms with E-state index in [2.05, 4.69) is 15.5 Å². The molecular formula is C12H10F3N3O. The van der Waals surface area contributed by atoms with Crippen molar-refractivity contribution in [1.82, 2.24) is 10.2 Å². The number of Topliss-reactive ketones (excluding diaryl/α,β-unsaturated/α-hetero) is 1. The number of hydrogen-bond acceptors (Lipinski definition) is 3. The molecule has 0 aliphatic carbocycles. The van der Waals surface area contributed by atoms with Gasteiger partial charge in [0.1, 0.15) is 5.69 Å². The van der Waals surface area contributed by atoms with Gasteiger partial charge < -0.3 is 5.32 Å². The van der Waals surface area contributed by atoms with Crippen LogP contribution >= 0.6 is 0 Å². The highest BCUT2D eigenvalue weighted by atomic mass is 19.2. The summed E-state index contributed by atoms with van der Waals surface area (Å²) in [6.07, 6.45) is 1.38. The van der Waals surface area contributed by atoms with Gasteiger partial charge in [-0.15, -0.1) is 0 Å². The molecule has 0 radical (unpaired) electrons. The molecule has 4 nitrogen and oxygen atoms in total. The van der Waals surface area contributed by atoms with Crippen LogP contribution in [0.5, 0.6) is 0 Å². The fraction of sp³-hybridized carbons (Fsp3) is 0.167. The second kappa shape index (κ2) is 5.13. The zero-order valence-corrected chi connectivity index (χ0v) is 9.93. The Morgan fingerprint density at radius 1 is 1.32 bits per heavy atom. The summed E-state index contributed by atoms with van der Waals surface area (Å²) in [6, 6.07) is 1.78. The first-order valence-electron chi connectivity index (χ1n) is 5.40. The number of rotatable bonds is 4. The Kier molecular flexibility index (Phi) is 3.55. The molecule has 0 aliphatic heterocycles. The molecule has 0 aliphatic rings. The number of hydrogen-bond donors (Lipinski definition) is 2. The summed E-state index contributed by atoms with van der Waals surface area (Å²) in [7, 11) is 0. The number of halogens is 3. The molecule has 7 heteroatoms. The zero-order valence-electron chi connectivity index (χ0n) is 9.93. The van der Waals surface area contributed by atoms with Gasteiger partial charge in [0, 0.05) is 13.5 Å². The third-order valence-electron chi connectivity index (χ3n) is 2.52. The first-order chi connectivity index (χ1) is 8.99. The number of carbonyl (C=O) groups is 1. The van der Waals surface area contributed by atoms with Gasteiger partial charge in [-0.3, -0.25) is 9.89 Å². The fourth-order valence-corrected chi connectivity index (χ4v) is 1.60. The lowest BCUT2D eigenvalue weighted by molar-refractivity contribution is 0.101. The number of nitrogens with one attached hydrogen (secondary N) is 2. The van der Waals surface area contributed by atoms with Crippen molar-refractivity contribution in [1.29, 1.82) is 0 Å². The second-order valence-corrected chi connectivity index (χ2v) is 3.94. The van der Waals surface area contributed by atoms with E-state index in [-0.39, 0.29) is 23.6 Å². The molecule has 1 aromatic heterocycles. The molecule has 0 amide bonds. The van der Waals surface area contributed by atoms with Gasteiger partial charge in [0.25, 0.3) is 0 Å². The van der Waals surface area contributed by atoms with Crippen molar-refractivity contribution in [2.24, 2.45) is 0 Å². The SMILES string of the molecule is CC(=O)c1[nH]ncc1NCc1cc(F)c(F)c(F)c1. The third-order valence-corrected chi connectivity index (χ3v) is 2.52. The smallest absolute Gasteiger partial charge is 0.194 e. The minimum absolute atomic E-state index is 0.0356. The van der Waals surface area contributed by atoms with Gasteiger partial charge in [0.15, 0.2) is 23.2 Å². The van der Waals surface area contributed by atoms with E-state index in [9.17, 15) is 18.0 Å². The molecule has 100 valence electrons. The van der Waals surface area contributed by atoms with Gasteiger partial charge in [-0.25, -0.2) is 13.2 Å². The number of aromatic nitrogens is 2. The molecular weight excluding hydrogens is 259 g/mol. The predicted molar refractivity (Wildman–Crippen MR) is 62.2 cm³/mol. The number of ketones is 1. The summed E-state index contributed by atoms with van der Waals surface area (Å²) < 4.78 is 38.8. The second-order valence-electron chi connectivity index (χ2n) is 3.94. The van der Waals surface area contributed by atoms with Crippen LogP contribution < -0.4 is 5.32 Å². The van der Waals surface area contributed by atoms with E-state index in [1.807, 2.05) is 0 Å². The Balaban J connectivity index is 2.15. The molecule has 1 aromatic carbocycles. The van der Waals surface area contributed by atoms with Crippen LogP contribution in [0.15, 0.2) is 18.3 Å². The number of H-pyrrole nitrogens is 1. The maximum Gasteiger partial charge on any atom is 0.194 e. The molecule has 0 bridgehead atoms. The molecule has 19 heavy (non-hydrogen) atoms. The van der Waals surface area contributed by atoms with E-state index in [1.54, 1.807) is 0 Å². The summed E-state index contributed by atoms with van der Waals surface area (Å²) >= 11 is 0. The van der Waals surface area contributed by atoms with E-state index >= 15 is 0 Å². The summed E-state index contributed by atoms with van der Waals surface area (Å²) in [5.74, 6) is -4.24. The highest BCUT2D eigenvalue weighted by molar-refractivity contribution is 5.97. The Hall–Kier alpha value is -2.31. The molecule has 2 N–H and O–H groups in total. The van der Waals surface area contributed by atoms with E-state index in [0.717, 1.165) is 12.1 Å². The van der Waals surface area contributed by atoms with Crippen molar-refractivity contribution in [3.63, 3.8) is 0 Å². The largest absolute Gasteiger partial charge is 0.378 e. The van der Waals surface area contributed by atoms with E-state index < -0.39 is 17.5 Å². The molecule has 0 fully saturated rings. The minimum Gasteiger partial charge on any atom is -0.378 e. The molecule has 0 atom stereocenters. The van der Waals surface area contributed by atoms with Crippen LogP contribution in [0.4, 0.5) is 18.9 Å². The molecule has 0 saturated carbocycles. The Labute approximate surface area is 106 Å². The average Bonchev–Trinajstić information content (AvgIpc) is 2.81. The van der Waals surface area contributed by atoms with Gasteiger partial charge in [-0.2, -0.15) is 5.10 Å². The normalized spacial score (nSPS) is 10.5. The maximum atomic E-state index is 13.0. The molecule has 1 heterocycles. The first kappa shape index (κ1) is 13.1. The van der Waals surface area contributed by atoms with Gasteiger partial charge in [-0.1, -0.05) is 0 Å². The standard InChI is InChI=1S/C12H10F3N3O/c1-6(19)12-10(5-17-18-12)16-4-7-2-8(13)11(15)9(14)3-7/h2-3,5,16H,4H2,1H3,(H,17,18). The average molecular weight is 269 g/mol. The van der Waals surface area contributed by atoms with Gasteiger partial charge >= 0.3 is 0 Å². The van der Waals surface area contributed by atoms with Crippen molar-refractivity contribution in [3.8, 4) is 0 Å². The Bertz CT molecular complexity index is 601. The zero-order chi connectivity index (χ0) is 14.0. The van der Waals surface area contributed by atoms with Crippen molar-refractivity contribution < 1.29 is 18.0 Å². The summed E-state index contributed by atoms with van der Waals surface area (Å²) in [5.41, 5.74) is 0.896. The number of aromatic amines is 1. The van der Waals surface area contributed by atoms with Crippen molar-refractivity contribution in [2.75, 3.05) is 5.32 Å². The fourth-order valence-electron chi connectivity index (χ4n) is 1.60. The lowest BCUT2D eigenvalue weighted by atomic mass is 10.2. The monoisotopic (exact) mass is 269 g/mol. The molecule has 0 saturated heterocycles. The van der Waals surface area contributed by atoms with E-state index in [0.29, 0.717) is 5.69 Å². The quantitative estimate of drug-likeness (QED) is 0.662. The third kappa shape index (κ3) is 2.75. The van der Waals surface area contributed by atoms with Crippen LogP contribution in [-0.2, 0) is 6.54 Å². The van der Waals surface area contributed by atoms with Gasteiger partial charge in [0.05, 0.1) is 11.9 Å². The van der Waals surface area contributed by atoms with Crippen molar-refractivity contribution in [3.05, 3.63) is 47.0 Å². The molecule has 2 aromatic rings. The maximum absolute atomic E-state index is 13.0. The Morgan fingerprint density at radius 2 is 1.95 bits per heavy atom. The lowest BCUT2D eigenvalue weighted by Gasteiger charge is -2.06. The highest BCUT2D eigenvalue weighted by Gasteiger charge is 2.12. The van der Waals surface area contributed by atoms with E-state index in [1.165, 1.54) is 13.1 Å². The Morgan fingerprint density at radius 3 is 2.53 bits per heavy atom. The van der Waals surface area contributed by atoms with Crippen molar-refractivity contribution >= 4 is 11.5 Å². The summed E-state index contributed by atoms with van der Waals surface area (Å²) in [4.78, 5) is 11.2. The first-order valence-corrected chi connectivity index (χ1v) is 5.40. The predicted octanol–water partition coefficient (Wildman–Crippen LogP) is 2.64. The molecule has 2 rings (SSSR count). The summed E-state index contributed by atoms with van der Waals surface area (Å²) in [5, 5.41) is 8.99. The lowest BCUT2D eigenvalue weighted by Crippen LogP contribution is -2.05. The van der Waals surface area contributed by atoms with Crippen LogP contribution in [0, 0.1) is 17.5 Å². The van der Waals surface area contributed by atoms with Crippen molar-refractivity contribution in [2.45, 2.75) is 13.5 Å². The molecule has 0 spiro atoms. The number of benzene rings is 1. The molecule has 0 unspecified atom stereocenters. The highest BCUT2D eigenvalue weighted by Crippen LogP contribution is 2.17. The number of carbonyl (C=O) groups excluding carboxylic acids is 1. The summed E-state index contributed by atoms with van der Waals surface area (Å²) in [6.45, 7) is 1.39. The minimum atomic E-state index is -1.50. The van der Waals surface area contributed by atoms with Gasteiger partial charge in [0.2, 0.25) is 0 Å². The van der Waals surface area contributed by atoms with Crippen LogP contribution in [0.2, 0.25) is 0 Å². The van der Waals surface area contributed by atoms with E-state index in [4.69, 9.17) is 0 Å². The van der Waals surface area contributed by atoms with Crippen LogP contribution in [0.25, 0.3) is 0 Å². The number of anilines is 1. The van der Waals surface area contributed by atoms with Crippen LogP contribution in [0.3, 0.4) is 0 Å². The van der Waals surface area contributed by atoms with Gasteiger partial charge in [-0.05, 0) is 17.7 Å². The van der Waals surface area contributed by atoms with Crippen LogP contribution in [-0.4, -0.2) is 16.0 Å². The number of nitrogens with zero attached hydrogens (tertiary/aromatic N) is 1. The topological polar surface area (TPSA) is 57.8 Å².